The highest BCUT2D eigenvalue weighted by Gasteiger charge is 2.16. The van der Waals surface area contributed by atoms with Gasteiger partial charge in [0.25, 0.3) is 0 Å². The Morgan fingerprint density at radius 1 is 1.32 bits per heavy atom. The monoisotopic (exact) mass is 265 g/mol. The second-order valence-corrected chi connectivity index (χ2v) is 4.74. The standard InChI is InChI=1S/C15H20FNO2/c1-15(2,18-3)6-8-19-14-10-12(5-4-7-17)9-13(16)11-14/h9-11H,6-8,17H2,1-3H3. The van der Waals surface area contributed by atoms with E-state index in [1.807, 2.05) is 13.8 Å². The average Bonchev–Trinajstić information content (AvgIpc) is 2.35. The molecule has 3 nitrogen and oxygen atoms in total. The lowest BCUT2D eigenvalue weighted by atomic mass is 10.1. The molecule has 0 spiro atoms. The third-order valence-electron chi connectivity index (χ3n) is 2.73. The zero-order valence-electron chi connectivity index (χ0n) is 11.6. The van der Waals surface area contributed by atoms with Gasteiger partial charge in [-0.05, 0) is 26.0 Å². The highest BCUT2D eigenvalue weighted by atomic mass is 19.1. The van der Waals surface area contributed by atoms with Gasteiger partial charge in [0.05, 0.1) is 18.8 Å². The van der Waals surface area contributed by atoms with E-state index < -0.39 is 0 Å². The number of nitrogens with two attached hydrogens (primary N) is 1. The van der Waals surface area contributed by atoms with Crippen LogP contribution in [0.25, 0.3) is 0 Å². The Labute approximate surface area is 113 Å². The Bertz CT molecular complexity index is 475. The van der Waals surface area contributed by atoms with Gasteiger partial charge in [0.15, 0.2) is 0 Å². The molecule has 1 aromatic carbocycles. The lowest BCUT2D eigenvalue weighted by molar-refractivity contribution is 0.00544. The lowest BCUT2D eigenvalue weighted by Crippen LogP contribution is -2.25. The van der Waals surface area contributed by atoms with E-state index in [1.165, 1.54) is 12.1 Å². The van der Waals surface area contributed by atoms with Crippen LogP contribution in [-0.2, 0) is 4.74 Å². The van der Waals surface area contributed by atoms with Gasteiger partial charge >= 0.3 is 0 Å². The van der Waals surface area contributed by atoms with Gasteiger partial charge in [-0.25, -0.2) is 4.39 Å². The molecule has 0 aromatic heterocycles. The minimum absolute atomic E-state index is 0.245. The minimum atomic E-state index is -0.371. The molecule has 0 fully saturated rings. The first kappa shape index (κ1) is 15.5. The van der Waals surface area contributed by atoms with Crippen LogP contribution in [0.1, 0.15) is 25.8 Å². The Morgan fingerprint density at radius 2 is 2.05 bits per heavy atom. The minimum Gasteiger partial charge on any atom is -0.493 e. The van der Waals surface area contributed by atoms with Crippen molar-refractivity contribution in [3.8, 4) is 17.6 Å². The SMILES string of the molecule is COC(C)(C)CCOc1cc(F)cc(C#CCN)c1. The van der Waals surface area contributed by atoms with Gasteiger partial charge in [0.1, 0.15) is 11.6 Å². The van der Waals surface area contributed by atoms with E-state index in [2.05, 4.69) is 11.8 Å². The molecule has 1 rings (SSSR count). The molecule has 0 saturated carbocycles. The van der Waals surface area contributed by atoms with Gasteiger partial charge in [-0.1, -0.05) is 11.8 Å². The molecule has 2 N–H and O–H groups in total. The first-order valence-corrected chi connectivity index (χ1v) is 6.14. The molecule has 0 aliphatic heterocycles. The van der Waals surface area contributed by atoms with E-state index in [1.54, 1.807) is 13.2 Å². The van der Waals surface area contributed by atoms with Crippen LogP contribution in [0.4, 0.5) is 4.39 Å². The van der Waals surface area contributed by atoms with Crippen molar-refractivity contribution in [3.63, 3.8) is 0 Å². The molecule has 104 valence electrons. The number of benzene rings is 1. The van der Waals surface area contributed by atoms with Crippen LogP contribution in [0.15, 0.2) is 18.2 Å². The fraction of sp³-hybridized carbons (Fsp3) is 0.467. The summed E-state index contributed by atoms with van der Waals surface area (Å²) in [6.45, 7) is 4.64. The van der Waals surface area contributed by atoms with E-state index in [0.717, 1.165) is 0 Å². The van der Waals surface area contributed by atoms with Crippen molar-refractivity contribution in [2.24, 2.45) is 5.73 Å². The summed E-state index contributed by atoms with van der Waals surface area (Å²) >= 11 is 0. The molecule has 0 radical (unpaired) electrons. The van der Waals surface area contributed by atoms with Gasteiger partial charge in [0, 0.05) is 25.2 Å². The van der Waals surface area contributed by atoms with Crippen LogP contribution in [0.5, 0.6) is 5.75 Å². The molecule has 0 heterocycles. The van der Waals surface area contributed by atoms with Crippen LogP contribution in [0.3, 0.4) is 0 Å². The van der Waals surface area contributed by atoms with Crippen LogP contribution in [0, 0.1) is 17.7 Å². The summed E-state index contributed by atoms with van der Waals surface area (Å²) in [4.78, 5) is 0. The Balaban J connectivity index is 2.66. The van der Waals surface area contributed by atoms with Crippen molar-refractivity contribution >= 4 is 0 Å². The number of hydrogen-bond donors (Lipinski definition) is 1. The zero-order chi connectivity index (χ0) is 14.3. The van der Waals surface area contributed by atoms with E-state index >= 15 is 0 Å². The third kappa shape index (κ3) is 5.73. The Morgan fingerprint density at radius 3 is 2.68 bits per heavy atom. The number of ether oxygens (including phenoxy) is 2. The first-order chi connectivity index (χ1) is 8.96. The summed E-state index contributed by atoms with van der Waals surface area (Å²) in [5.41, 5.74) is 5.59. The van der Waals surface area contributed by atoms with Crippen molar-refractivity contribution in [2.45, 2.75) is 25.9 Å². The summed E-state index contributed by atoms with van der Waals surface area (Å²) in [6, 6.07) is 4.40. The van der Waals surface area contributed by atoms with Crippen molar-refractivity contribution in [3.05, 3.63) is 29.6 Å². The zero-order valence-corrected chi connectivity index (χ0v) is 11.6. The molecule has 1 aromatic rings. The van der Waals surface area contributed by atoms with Gasteiger partial charge in [-0.3, -0.25) is 0 Å². The van der Waals surface area contributed by atoms with Gasteiger partial charge in [0.2, 0.25) is 0 Å². The molecule has 4 heteroatoms. The largest absolute Gasteiger partial charge is 0.493 e. The molecule has 0 aliphatic carbocycles. The summed E-state index contributed by atoms with van der Waals surface area (Å²) in [5, 5.41) is 0. The van der Waals surface area contributed by atoms with E-state index in [-0.39, 0.29) is 18.0 Å². The quantitative estimate of drug-likeness (QED) is 0.831. The third-order valence-corrected chi connectivity index (χ3v) is 2.73. The average molecular weight is 265 g/mol. The van der Waals surface area contributed by atoms with Crippen molar-refractivity contribution < 1.29 is 13.9 Å². The molecule has 0 unspecified atom stereocenters. The maximum Gasteiger partial charge on any atom is 0.128 e. The normalized spacial score (nSPS) is 10.8. The van der Waals surface area contributed by atoms with Crippen molar-refractivity contribution in [2.75, 3.05) is 20.3 Å². The van der Waals surface area contributed by atoms with E-state index in [9.17, 15) is 4.39 Å². The first-order valence-electron chi connectivity index (χ1n) is 6.14. The van der Waals surface area contributed by atoms with E-state index in [4.69, 9.17) is 15.2 Å². The summed E-state index contributed by atoms with van der Waals surface area (Å²) in [7, 11) is 1.66. The molecule has 0 amide bonds. The fourth-order valence-corrected chi connectivity index (χ4v) is 1.39. The molecule has 0 bridgehead atoms. The Kier molecular flexibility index (Phi) is 5.81. The molecule has 19 heavy (non-hydrogen) atoms. The highest BCUT2D eigenvalue weighted by Crippen LogP contribution is 2.18. The number of methoxy groups -OCH3 is 1. The fourth-order valence-electron chi connectivity index (χ4n) is 1.39. The van der Waals surface area contributed by atoms with Gasteiger partial charge in [-0.15, -0.1) is 0 Å². The summed E-state index contributed by atoms with van der Waals surface area (Å²) < 4.78 is 24.2. The van der Waals surface area contributed by atoms with Crippen LogP contribution < -0.4 is 10.5 Å². The molecular weight excluding hydrogens is 245 g/mol. The predicted octanol–water partition coefficient (Wildman–Crippen LogP) is 2.33. The topological polar surface area (TPSA) is 44.5 Å². The molecule has 0 aliphatic rings. The highest BCUT2D eigenvalue weighted by molar-refractivity contribution is 5.40. The second-order valence-electron chi connectivity index (χ2n) is 4.74. The number of hydrogen-bond acceptors (Lipinski definition) is 3. The maximum atomic E-state index is 13.4. The van der Waals surface area contributed by atoms with Crippen LogP contribution >= 0.6 is 0 Å². The molecule has 0 saturated heterocycles. The lowest BCUT2D eigenvalue weighted by Gasteiger charge is -2.22. The maximum absolute atomic E-state index is 13.4. The van der Waals surface area contributed by atoms with Gasteiger partial charge in [-0.2, -0.15) is 0 Å². The van der Waals surface area contributed by atoms with Gasteiger partial charge < -0.3 is 15.2 Å². The molecule has 0 atom stereocenters. The van der Waals surface area contributed by atoms with Crippen molar-refractivity contribution in [1.29, 1.82) is 0 Å². The predicted molar refractivity (Wildman–Crippen MR) is 73.5 cm³/mol. The summed E-state index contributed by atoms with van der Waals surface area (Å²) in [6.07, 6.45) is 0.712. The van der Waals surface area contributed by atoms with Crippen molar-refractivity contribution in [1.82, 2.24) is 0 Å². The van der Waals surface area contributed by atoms with Crippen LogP contribution in [0.2, 0.25) is 0 Å². The number of halogens is 1. The summed E-state index contributed by atoms with van der Waals surface area (Å²) in [5.74, 6) is 5.56. The second kappa shape index (κ2) is 7.13. The molecular formula is C15H20FNO2. The Hall–Kier alpha value is -1.57. The van der Waals surface area contributed by atoms with E-state index in [0.29, 0.717) is 24.3 Å². The smallest absolute Gasteiger partial charge is 0.128 e. The number of rotatable bonds is 5. The van der Waals surface area contributed by atoms with Crippen LogP contribution in [-0.4, -0.2) is 25.9 Å².